The Morgan fingerprint density at radius 3 is 2.93 bits per heavy atom. The number of aromatic nitrogens is 2. The molecule has 6 heteroatoms. The summed E-state index contributed by atoms with van der Waals surface area (Å²) in [7, 11) is 2.04. The SMILES string of the molecule is CCNC(=NCCC1=CCOCC1)N(C)Cc1ncc(-c2ccccc2)[nH]1. The summed E-state index contributed by atoms with van der Waals surface area (Å²) in [6, 6.07) is 10.2. The van der Waals surface area contributed by atoms with Crippen LogP contribution in [0.3, 0.4) is 0 Å². The van der Waals surface area contributed by atoms with Gasteiger partial charge >= 0.3 is 0 Å². The Morgan fingerprint density at radius 1 is 1.33 bits per heavy atom. The van der Waals surface area contributed by atoms with Crippen LogP contribution in [-0.2, 0) is 11.3 Å². The molecule has 0 saturated carbocycles. The highest BCUT2D eigenvalue weighted by Crippen LogP contribution is 2.16. The predicted molar refractivity (Wildman–Crippen MR) is 110 cm³/mol. The molecule has 0 fully saturated rings. The number of H-pyrrole nitrogens is 1. The lowest BCUT2D eigenvalue weighted by Gasteiger charge is -2.21. The first-order chi connectivity index (χ1) is 13.3. The number of ether oxygens (including phenoxy) is 1. The van der Waals surface area contributed by atoms with Gasteiger partial charge in [-0.2, -0.15) is 0 Å². The van der Waals surface area contributed by atoms with Crippen LogP contribution in [0.5, 0.6) is 0 Å². The average molecular weight is 367 g/mol. The number of guanidine groups is 1. The van der Waals surface area contributed by atoms with Crippen LogP contribution < -0.4 is 5.32 Å². The summed E-state index contributed by atoms with van der Waals surface area (Å²) in [5.41, 5.74) is 3.62. The predicted octanol–water partition coefficient (Wildman–Crippen LogP) is 3.21. The van der Waals surface area contributed by atoms with Crippen molar-refractivity contribution in [3.05, 3.63) is 54.0 Å². The zero-order valence-electron chi connectivity index (χ0n) is 16.2. The van der Waals surface area contributed by atoms with Crippen molar-refractivity contribution in [1.29, 1.82) is 0 Å². The van der Waals surface area contributed by atoms with E-state index in [0.717, 1.165) is 62.2 Å². The standard InChI is InChI=1S/C21H29N5O/c1-3-22-21(23-12-9-17-10-13-27-14-11-17)26(2)16-20-24-15-19(25-20)18-7-5-4-6-8-18/h4-8,10,15H,3,9,11-14,16H2,1-2H3,(H,22,23)(H,24,25). The third-order valence-electron chi connectivity index (χ3n) is 4.55. The fourth-order valence-electron chi connectivity index (χ4n) is 3.07. The molecule has 1 aliphatic heterocycles. The molecule has 1 aliphatic rings. The van der Waals surface area contributed by atoms with Crippen molar-refractivity contribution in [1.82, 2.24) is 20.2 Å². The van der Waals surface area contributed by atoms with Crippen LogP contribution in [0.1, 0.15) is 25.6 Å². The van der Waals surface area contributed by atoms with Gasteiger partial charge in [0.2, 0.25) is 0 Å². The van der Waals surface area contributed by atoms with E-state index in [9.17, 15) is 0 Å². The quantitative estimate of drug-likeness (QED) is 0.448. The topological polar surface area (TPSA) is 65.5 Å². The normalized spacial score (nSPS) is 14.7. The van der Waals surface area contributed by atoms with E-state index in [2.05, 4.69) is 45.3 Å². The first-order valence-corrected chi connectivity index (χ1v) is 9.60. The minimum atomic E-state index is 0.676. The van der Waals surface area contributed by atoms with Gasteiger partial charge < -0.3 is 19.9 Å². The van der Waals surface area contributed by atoms with Crippen LogP contribution in [0.25, 0.3) is 11.3 Å². The summed E-state index contributed by atoms with van der Waals surface area (Å²) in [4.78, 5) is 14.8. The van der Waals surface area contributed by atoms with Crippen molar-refractivity contribution < 1.29 is 4.74 Å². The zero-order chi connectivity index (χ0) is 18.9. The molecule has 0 unspecified atom stereocenters. The number of aliphatic imine (C=N–C) groups is 1. The highest BCUT2D eigenvalue weighted by molar-refractivity contribution is 5.79. The Morgan fingerprint density at radius 2 is 2.19 bits per heavy atom. The molecule has 0 spiro atoms. The largest absolute Gasteiger partial charge is 0.377 e. The number of imidazole rings is 1. The maximum Gasteiger partial charge on any atom is 0.194 e. The van der Waals surface area contributed by atoms with Crippen LogP contribution in [0.4, 0.5) is 0 Å². The lowest BCUT2D eigenvalue weighted by Crippen LogP contribution is -2.38. The molecule has 27 heavy (non-hydrogen) atoms. The second-order valence-electron chi connectivity index (χ2n) is 6.64. The van der Waals surface area contributed by atoms with Gasteiger partial charge in [-0.15, -0.1) is 0 Å². The van der Waals surface area contributed by atoms with Gasteiger partial charge in [-0.25, -0.2) is 4.98 Å². The molecule has 0 bridgehead atoms. The monoisotopic (exact) mass is 367 g/mol. The first-order valence-electron chi connectivity index (χ1n) is 9.60. The van der Waals surface area contributed by atoms with Gasteiger partial charge in [0.25, 0.3) is 0 Å². The molecule has 1 aromatic carbocycles. The molecule has 0 radical (unpaired) electrons. The molecule has 2 N–H and O–H groups in total. The van der Waals surface area contributed by atoms with Crippen molar-refractivity contribution in [2.45, 2.75) is 26.3 Å². The lowest BCUT2D eigenvalue weighted by atomic mass is 10.1. The van der Waals surface area contributed by atoms with Crippen LogP contribution in [0.15, 0.2) is 53.2 Å². The third-order valence-corrected chi connectivity index (χ3v) is 4.55. The summed E-state index contributed by atoms with van der Waals surface area (Å²) >= 11 is 0. The van der Waals surface area contributed by atoms with Gasteiger partial charge in [0.1, 0.15) is 5.82 Å². The number of benzene rings is 1. The third kappa shape index (κ3) is 5.69. The van der Waals surface area contributed by atoms with Crippen molar-refractivity contribution in [3.63, 3.8) is 0 Å². The molecular formula is C21H29N5O. The van der Waals surface area contributed by atoms with E-state index in [0.29, 0.717) is 6.54 Å². The number of aromatic amines is 1. The van der Waals surface area contributed by atoms with Crippen LogP contribution in [0, 0.1) is 0 Å². The van der Waals surface area contributed by atoms with Crippen molar-refractivity contribution >= 4 is 5.96 Å². The minimum Gasteiger partial charge on any atom is -0.377 e. The van der Waals surface area contributed by atoms with Crippen molar-refractivity contribution in [2.24, 2.45) is 4.99 Å². The van der Waals surface area contributed by atoms with E-state index >= 15 is 0 Å². The summed E-state index contributed by atoms with van der Waals surface area (Å²) in [5, 5.41) is 3.37. The van der Waals surface area contributed by atoms with E-state index in [1.165, 1.54) is 5.57 Å². The number of nitrogens with zero attached hydrogens (tertiary/aromatic N) is 3. The molecule has 6 nitrogen and oxygen atoms in total. The summed E-state index contributed by atoms with van der Waals surface area (Å²) in [6.07, 6.45) is 6.09. The smallest absolute Gasteiger partial charge is 0.194 e. The zero-order valence-corrected chi connectivity index (χ0v) is 16.2. The highest BCUT2D eigenvalue weighted by atomic mass is 16.5. The second-order valence-corrected chi connectivity index (χ2v) is 6.64. The Balaban J connectivity index is 1.59. The van der Waals surface area contributed by atoms with Gasteiger partial charge in [0.15, 0.2) is 5.96 Å². The lowest BCUT2D eigenvalue weighted by molar-refractivity contribution is 0.153. The minimum absolute atomic E-state index is 0.676. The molecule has 0 amide bonds. The van der Waals surface area contributed by atoms with Crippen molar-refractivity contribution in [2.75, 3.05) is 33.4 Å². The Hall–Kier alpha value is -2.60. The first kappa shape index (κ1) is 19.2. The molecule has 1 aromatic heterocycles. The molecule has 3 rings (SSSR count). The number of hydrogen-bond donors (Lipinski definition) is 2. The van der Waals surface area contributed by atoms with Gasteiger partial charge in [-0.05, 0) is 25.3 Å². The fraction of sp³-hybridized carbons (Fsp3) is 0.429. The molecule has 0 aliphatic carbocycles. The molecule has 2 aromatic rings. The Labute approximate surface area is 161 Å². The van der Waals surface area contributed by atoms with E-state index in [-0.39, 0.29) is 0 Å². The Bertz CT molecular complexity index is 766. The second kappa shape index (κ2) is 9.92. The maximum absolute atomic E-state index is 5.36. The summed E-state index contributed by atoms with van der Waals surface area (Å²) in [6.45, 7) is 5.96. The van der Waals surface area contributed by atoms with Gasteiger partial charge in [0.05, 0.1) is 31.6 Å². The van der Waals surface area contributed by atoms with E-state index < -0.39 is 0 Å². The molecule has 0 saturated heterocycles. The van der Waals surface area contributed by atoms with Gasteiger partial charge in [-0.3, -0.25) is 4.99 Å². The fourth-order valence-corrected chi connectivity index (χ4v) is 3.07. The van der Waals surface area contributed by atoms with Gasteiger partial charge in [0, 0.05) is 20.1 Å². The van der Waals surface area contributed by atoms with Gasteiger partial charge in [-0.1, -0.05) is 42.0 Å². The molecule has 2 heterocycles. The van der Waals surface area contributed by atoms with Crippen LogP contribution in [0.2, 0.25) is 0 Å². The highest BCUT2D eigenvalue weighted by Gasteiger charge is 2.10. The number of nitrogens with one attached hydrogen (secondary N) is 2. The van der Waals surface area contributed by atoms with Crippen LogP contribution >= 0.6 is 0 Å². The molecular weight excluding hydrogens is 338 g/mol. The van der Waals surface area contributed by atoms with E-state index in [1.54, 1.807) is 0 Å². The number of rotatable bonds is 7. The maximum atomic E-state index is 5.36. The van der Waals surface area contributed by atoms with E-state index in [1.807, 2.05) is 31.4 Å². The molecule has 144 valence electrons. The van der Waals surface area contributed by atoms with E-state index in [4.69, 9.17) is 9.73 Å². The average Bonchev–Trinajstić information content (AvgIpc) is 3.17. The van der Waals surface area contributed by atoms with Crippen molar-refractivity contribution in [3.8, 4) is 11.3 Å². The van der Waals surface area contributed by atoms with Crippen LogP contribution in [-0.4, -0.2) is 54.2 Å². The number of hydrogen-bond acceptors (Lipinski definition) is 3. The molecule has 0 atom stereocenters. The summed E-state index contributed by atoms with van der Waals surface area (Å²) in [5.74, 6) is 1.83. The summed E-state index contributed by atoms with van der Waals surface area (Å²) < 4.78 is 5.36. The Kier molecular flexibility index (Phi) is 7.04.